The van der Waals surface area contributed by atoms with E-state index in [1.807, 2.05) is 48.5 Å². The van der Waals surface area contributed by atoms with Gasteiger partial charge in [0.1, 0.15) is 11.5 Å². The summed E-state index contributed by atoms with van der Waals surface area (Å²) in [4.78, 5) is 42.2. The summed E-state index contributed by atoms with van der Waals surface area (Å²) >= 11 is 6.48. The van der Waals surface area contributed by atoms with Crippen molar-refractivity contribution in [3.63, 3.8) is 0 Å². The zero-order valence-electron chi connectivity index (χ0n) is 36.8. The number of nitrogens with zero attached hydrogens (tertiary/aromatic N) is 1. The Morgan fingerprint density at radius 3 is 1.97 bits per heavy atom. The summed E-state index contributed by atoms with van der Waals surface area (Å²) in [6.45, 7) is 8.85. The highest BCUT2D eigenvalue weighted by Crippen LogP contribution is 2.38. The molecular weight excluding hydrogens is 822 g/mol. The maximum absolute atomic E-state index is 15.4. The third-order valence-corrected chi connectivity index (χ3v) is 12.1. The predicted molar refractivity (Wildman–Crippen MR) is 251 cm³/mol. The minimum absolute atomic E-state index is 0.0182. The molecule has 5 rings (SSSR count). The fourth-order valence-electron chi connectivity index (χ4n) is 7.54. The second kappa shape index (κ2) is 23.4. The zero-order valence-corrected chi connectivity index (χ0v) is 38.4. The lowest BCUT2D eigenvalue weighted by Gasteiger charge is -2.21. The first kappa shape index (κ1) is 47.9. The molecule has 0 fully saturated rings. The number of carbonyl (C=O) groups is 3. The Labute approximate surface area is 372 Å². The van der Waals surface area contributed by atoms with E-state index in [2.05, 4.69) is 36.0 Å². The first-order valence-electron chi connectivity index (χ1n) is 22.0. The summed E-state index contributed by atoms with van der Waals surface area (Å²) in [6.07, 6.45) is 13.8. The first-order chi connectivity index (χ1) is 29.8. The van der Waals surface area contributed by atoms with Gasteiger partial charge in [0.15, 0.2) is 9.84 Å². The third kappa shape index (κ3) is 13.4. The zero-order chi connectivity index (χ0) is 44.6. The highest BCUT2D eigenvalue weighted by molar-refractivity contribution is 7.90. The third-order valence-electron chi connectivity index (χ3n) is 10.7. The van der Waals surface area contributed by atoms with E-state index >= 15 is 4.79 Å². The molecule has 2 amide bonds. The minimum atomic E-state index is -3.70. The maximum atomic E-state index is 15.4. The van der Waals surface area contributed by atoms with Crippen LogP contribution in [0.5, 0.6) is 11.5 Å². The number of amides is 2. The molecule has 0 aliphatic rings. The number of unbranched alkanes of at least 4 members (excludes halogenated alkanes) is 11. The van der Waals surface area contributed by atoms with Crippen LogP contribution < -0.4 is 20.1 Å². The molecule has 0 saturated carbocycles. The fourth-order valence-corrected chi connectivity index (χ4v) is 8.37. The lowest BCUT2D eigenvalue weighted by atomic mass is 9.97. The molecule has 0 aliphatic carbocycles. The minimum Gasteiger partial charge on any atom is -0.493 e. The van der Waals surface area contributed by atoms with E-state index in [0.29, 0.717) is 35.9 Å². The topological polar surface area (TPSA) is 133 Å². The van der Waals surface area contributed by atoms with Crippen LogP contribution in [0.2, 0.25) is 5.02 Å². The molecular formula is C50H62ClN3O7S. The Kier molecular flexibility index (Phi) is 18.0. The number of fused-ring (bicyclic) bond motifs is 1. The van der Waals surface area contributed by atoms with Crippen LogP contribution in [0.25, 0.3) is 22.2 Å². The molecule has 1 unspecified atom stereocenters. The summed E-state index contributed by atoms with van der Waals surface area (Å²) in [5.74, 6) is -1.01. The van der Waals surface area contributed by atoms with Crippen molar-refractivity contribution in [1.82, 2.24) is 4.57 Å². The van der Waals surface area contributed by atoms with Crippen LogP contribution >= 0.6 is 11.6 Å². The maximum Gasteiger partial charge on any atom is 0.273 e. The number of Topliss-reactive ketones (excluding diaryl/α,β-unsaturated/α-hetero) is 1. The average Bonchev–Trinajstić information content (AvgIpc) is 3.57. The summed E-state index contributed by atoms with van der Waals surface area (Å²) in [5.41, 5.74) is 2.74. The standard InChI is InChI=1S/C50H62ClN3O7S/c1-6-7-8-9-10-11-12-13-14-15-16-21-32-54-44-25-20-17-22-40(44)46(47(54)37-26-28-38(29-27-37)60-34-35(2)3)48(56)49(50(57)53-42-24-19-18-23-41(42)51)61-45-31-30-39(62(5,58)59)33-43(45)52-36(4)55/h17-20,22-31,33,35,49H,6-16,21,32,34H2,1-5H3,(H,52,55)(H,53,57). The van der Waals surface area contributed by atoms with Gasteiger partial charge < -0.3 is 24.7 Å². The number of ketones is 1. The largest absolute Gasteiger partial charge is 0.493 e. The molecule has 0 saturated heterocycles. The molecule has 10 nitrogen and oxygen atoms in total. The van der Waals surface area contributed by atoms with E-state index in [9.17, 15) is 18.0 Å². The molecule has 1 atom stereocenters. The van der Waals surface area contributed by atoms with Crippen LogP contribution in [0.4, 0.5) is 11.4 Å². The Hall–Kier alpha value is -5.13. The van der Waals surface area contributed by atoms with Gasteiger partial charge in [-0.05, 0) is 78.6 Å². The van der Waals surface area contributed by atoms with Crippen LogP contribution in [0.3, 0.4) is 0 Å². The molecule has 12 heteroatoms. The van der Waals surface area contributed by atoms with Crippen LogP contribution in [0.15, 0.2) is 95.9 Å². The van der Waals surface area contributed by atoms with Gasteiger partial charge in [-0.1, -0.05) is 133 Å². The number of benzene rings is 4. The van der Waals surface area contributed by atoms with E-state index in [-0.39, 0.29) is 32.6 Å². The monoisotopic (exact) mass is 883 g/mol. The number of carbonyl (C=O) groups excluding carboxylic acids is 3. The van der Waals surface area contributed by atoms with Crippen molar-refractivity contribution in [2.75, 3.05) is 23.5 Å². The molecule has 0 bridgehead atoms. The van der Waals surface area contributed by atoms with Crippen molar-refractivity contribution >= 4 is 61.3 Å². The van der Waals surface area contributed by atoms with Crippen molar-refractivity contribution < 1.29 is 32.3 Å². The van der Waals surface area contributed by atoms with Gasteiger partial charge in [0.05, 0.1) is 39.2 Å². The van der Waals surface area contributed by atoms with Crippen molar-refractivity contribution in [3.8, 4) is 22.8 Å². The Morgan fingerprint density at radius 1 is 0.742 bits per heavy atom. The van der Waals surface area contributed by atoms with Gasteiger partial charge in [0.25, 0.3) is 5.91 Å². The van der Waals surface area contributed by atoms with Gasteiger partial charge in [0.2, 0.25) is 17.8 Å². The smallest absolute Gasteiger partial charge is 0.273 e. The fraction of sp³-hybridized carbons (Fsp3) is 0.420. The van der Waals surface area contributed by atoms with Gasteiger partial charge in [-0.3, -0.25) is 14.4 Å². The molecule has 332 valence electrons. The van der Waals surface area contributed by atoms with Gasteiger partial charge in [-0.25, -0.2) is 8.42 Å². The van der Waals surface area contributed by atoms with E-state index in [1.54, 1.807) is 24.3 Å². The van der Waals surface area contributed by atoms with Gasteiger partial charge >= 0.3 is 0 Å². The number of ether oxygens (including phenoxy) is 2. The number of rotatable bonds is 25. The number of aryl methyl sites for hydroxylation is 1. The summed E-state index contributed by atoms with van der Waals surface area (Å²) in [5, 5.41) is 6.28. The lowest BCUT2D eigenvalue weighted by molar-refractivity contribution is -0.120. The highest BCUT2D eigenvalue weighted by Gasteiger charge is 2.36. The van der Waals surface area contributed by atoms with Gasteiger partial charge in [-0.15, -0.1) is 0 Å². The highest BCUT2D eigenvalue weighted by atomic mass is 35.5. The van der Waals surface area contributed by atoms with E-state index in [0.717, 1.165) is 36.6 Å². The van der Waals surface area contributed by atoms with Gasteiger partial charge in [0, 0.05) is 30.6 Å². The van der Waals surface area contributed by atoms with E-state index < -0.39 is 33.5 Å². The SMILES string of the molecule is CCCCCCCCCCCCCCn1c(-c2ccc(OCC(C)C)cc2)c(C(=O)C(Oc2ccc(S(C)(=O)=O)cc2NC(C)=O)C(=O)Nc2ccccc2Cl)c2ccccc21. The summed E-state index contributed by atoms with van der Waals surface area (Å²) < 4.78 is 39.6. The number of hydrogen-bond donors (Lipinski definition) is 2. The van der Waals surface area contributed by atoms with Gasteiger partial charge in [-0.2, -0.15) is 0 Å². The molecule has 1 aromatic heterocycles. The number of nitrogens with one attached hydrogen (secondary N) is 2. The van der Waals surface area contributed by atoms with Crippen LogP contribution in [-0.4, -0.2) is 49.5 Å². The molecule has 0 radical (unpaired) electrons. The van der Waals surface area contributed by atoms with Crippen LogP contribution in [0, 0.1) is 5.92 Å². The quantitative estimate of drug-likeness (QED) is 0.0339. The molecule has 5 aromatic rings. The van der Waals surface area contributed by atoms with Crippen molar-refractivity contribution in [2.45, 2.75) is 122 Å². The Bertz CT molecular complexity index is 2390. The van der Waals surface area contributed by atoms with E-state index in [4.69, 9.17) is 21.1 Å². The molecule has 4 aromatic carbocycles. The molecule has 2 N–H and O–H groups in total. The number of anilines is 2. The number of aromatic nitrogens is 1. The summed E-state index contributed by atoms with van der Waals surface area (Å²) in [6, 6.07) is 25.8. The average molecular weight is 885 g/mol. The first-order valence-corrected chi connectivity index (χ1v) is 24.3. The van der Waals surface area contributed by atoms with Crippen molar-refractivity contribution in [2.24, 2.45) is 5.92 Å². The van der Waals surface area contributed by atoms with E-state index in [1.165, 1.54) is 82.9 Å². The Balaban J connectivity index is 1.55. The molecule has 0 spiro atoms. The number of sulfone groups is 1. The second-order valence-corrected chi connectivity index (χ2v) is 18.9. The molecule has 1 heterocycles. The number of hydrogen-bond acceptors (Lipinski definition) is 7. The number of halogens is 1. The number of para-hydroxylation sites is 2. The second-order valence-electron chi connectivity index (χ2n) is 16.5. The summed E-state index contributed by atoms with van der Waals surface area (Å²) in [7, 11) is -3.70. The normalized spacial score (nSPS) is 12.0. The van der Waals surface area contributed by atoms with Crippen LogP contribution in [-0.2, 0) is 26.0 Å². The van der Waals surface area contributed by atoms with Crippen LogP contribution in [0.1, 0.15) is 115 Å². The molecule has 62 heavy (non-hydrogen) atoms. The Morgan fingerprint density at radius 2 is 1.35 bits per heavy atom. The molecule has 0 aliphatic heterocycles. The van der Waals surface area contributed by atoms with Crippen molar-refractivity contribution in [1.29, 1.82) is 0 Å². The van der Waals surface area contributed by atoms with Crippen molar-refractivity contribution in [3.05, 3.63) is 102 Å². The predicted octanol–water partition coefficient (Wildman–Crippen LogP) is 12.3. The lowest BCUT2D eigenvalue weighted by Crippen LogP contribution is -2.40.